The molecule has 1 heterocycles. The molecule has 1 N–H and O–H groups in total. The van der Waals surface area contributed by atoms with Crippen molar-refractivity contribution in [2.24, 2.45) is 0 Å². The average Bonchev–Trinajstić information content (AvgIpc) is 2.88. The number of benzene rings is 1. The van der Waals surface area contributed by atoms with Crippen molar-refractivity contribution in [3.8, 4) is 0 Å². The summed E-state index contributed by atoms with van der Waals surface area (Å²) >= 11 is 0. The summed E-state index contributed by atoms with van der Waals surface area (Å²) in [6.45, 7) is 3.89. The van der Waals surface area contributed by atoms with Gasteiger partial charge >= 0.3 is 0 Å². The zero-order valence-corrected chi connectivity index (χ0v) is 14.0. The van der Waals surface area contributed by atoms with Gasteiger partial charge in [0.25, 0.3) is 0 Å². The third-order valence-corrected chi connectivity index (χ3v) is 5.52. The summed E-state index contributed by atoms with van der Waals surface area (Å²) in [5, 5.41) is 0.963. The van der Waals surface area contributed by atoms with E-state index in [1.807, 2.05) is 43.3 Å². The van der Waals surface area contributed by atoms with Crippen molar-refractivity contribution in [3.63, 3.8) is 0 Å². The molecule has 2 rings (SSSR count). The van der Waals surface area contributed by atoms with Gasteiger partial charge in [-0.25, -0.2) is 13.1 Å². The molecule has 7 heteroatoms. The highest BCUT2D eigenvalue weighted by atomic mass is 32.2. The molecule has 0 amide bonds. The molecule has 1 saturated heterocycles. The molecule has 1 aliphatic heterocycles. The SMILES string of the molecule is C=CCNS(=O)(=O)[C@H]1CON(C)[C@H]1c1ccc(N(C)C)cc1. The van der Waals surface area contributed by atoms with Crippen LogP contribution in [0, 0.1) is 0 Å². The Balaban J connectivity index is 2.28. The van der Waals surface area contributed by atoms with Gasteiger partial charge in [-0.1, -0.05) is 18.2 Å². The molecule has 6 nitrogen and oxygen atoms in total. The summed E-state index contributed by atoms with van der Waals surface area (Å²) in [6.07, 6.45) is 1.53. The normalized spacial score (nSPS) is 22.7. The van der Waals surface area contributed by atoms with Crippen LogP contribution in [0.4, 0.5) is 5.69 Å². The number of anilines is 1. The van der Waals surface area contributed by atoms with Gasteiger partial charge in [-0.15, -0.1) is 6.58 Å². The molecule has 1 aliphatic rings. The molecule has 0 radical (unpaired) electrons. The molecule has 22 heavy (non-hydrogen) atoms. The van der Waals surface area contributed by atoms with Crippen LogP contribution >= 0.6 is 0 Å². The summed E-state index contributed by atoms with van der Waals surface area (Å²) < 4.78 is 27.4. The van der Waals surface area contributed by atoms with E-state index >= 15 is 0 Å². The van der Waals surface area contributed by atoms with Gasteiger partial charge < -0.3 is 4.90 Å². The molecule has 0 bridgehead atoms. The summed E-state index contributed by atoms with van der Waals surface area (Å²) in [7, 11) is 2.21. The lowest BCUT2D eigenvalue weighted by molar-refractivity contribution is -0.110. The fourth-order valence-corrected chi connectivity index (χ4v) is 4.00. The highest BCUT2D eigenvalue weighted by Gasteiger charge is 2.42. The van der Waals surface area contributed by atoms with Gasteiger partial charge in [-0.2, -0.15) is 5.06 Å². The largest absolute Gasteiger partial charge is 0.378 e. The Labute approximate surface area is 132 Å². The second kappa shape index (κ2) is 6.78. The molecule has 0 aliphatic carbocycles. The molecule has 0 saturated carbocycles. The molecule has 2 atom stereocenters. The Hall–Kier alpha value is -1.41. The van der Waals surface area contributed by atoms with Crippen LogP contribution in [0.25, 0.3) is 0 Å². The molecule has 0 unspecified atom stereocenters. The first-order valence-electron chi connectivity index (χ1n) is 7.09. The fourth-order valence-electron chi connectivity index (χ4n) is 2.53. The van der Waals surface area contributed by atoms with Crippen molar-refractivity contribution in [2.75, 3.05) is 39.2 Å². The lowest BCUT2D eigenvalue weighted by Crippen LogP contribution is -2.39. The number of rotatable bonds is 6. The van der Waals surface area contributed by atoms with E-state index in [-0.39, 0.29) is 19.2 Å². The minimum Gasteiger partial charge on any atom is -0.378 e. The van der Waals surface area contributed by atoms with E-state index in [4.69, 9.17) is 4.84 Å². The Morgan fingerprint density at radius 1 is 1.41 bits per heavy atom. The van der Waals surface area contributed by atoms with Crippen LogP contribution in [-0.4, -0.2) is 53.0 Å². The molecular formula is C15H23N3O3S. The van der Waals surface area contributed by atoms with Crippen molar-refractivity contribution in [1.29, 1.82) is 0 Å². The summed E-state index contributed by atoms with van der Waals surface area (Å²) in [5.74, 6) is 0. The quantitative estimate of drug-likeness (QED) is 0.795. The van der Waals surface area contributed by atoms with Crippen LogP contribution in [0.5, 0.6) is 0 Å². The Kier molecular flexibility index (Phi) is 5.23. The summed E-state index contributed by atoms with van der Waals surface area (Å²) in [4.78, 5) is 7.45. The standard InChI is InChI=1S/C15H23N3O3S/c1-5-10-16-22(19,20)14-11-21-18(4)15(14)12-6-8-13(9-7-12)17(2)3/h5-9,14-16H,1,10-11H2,2-4H3/t14-,15-/m0/s1. The van der Waals surface area contributed by atoms with Crippen molar-refractivity contribution in [2.45, 2.75) is 11.3 Å². The van der Waals surface area contributed by atoms with Gasteiger partial charge in [0.1, 0.15) is 5.25 Å². The first-order valence-corrected chi connectivity index (χ1v) is 8.64. The van der Waals surface area contributed by atoms with Crippen LogP contribution in [0.3, 0.4) is 0 Å². The van der Waals surface area contributed by atoms with E-state index in [0.29, 0.717) is 0 Å². The van der Waals surface area contributed by atoms with Crippen molar-refractivity contribution in [1.82, 2.24) is 9.79 Å². The number of nitrogens with one attached hydrogen (secondary N) is 1. The summed E-state index contributed by atoms with van der Waals surface area (Å²) in [5.41, 5.74) is 1.98. The maximum absolute atomic E-state index is 12.4. The predicted octanol–water partition coefficient (Wildman–Crippen LogP) is 1.14. The maximum atomic E-state index is 12.4. The summed E-state index contributed by atoms with van der Waals surface area (Å²) in [6, 6.07) is 7.51. The maximum Gasteiger partial charge on any atom is 0.219 e. The highest BCUT2D eigenvalue weighted by Crippen LogP contribution is 2.33. The first-order chi connectivity index (χ1) is 10.4. The second-order valence-corrected chi connectivity index (χ2v) is 7.48. The van der Waals surface area contributed by atoms with Crippen LogP contribution in [-0.2, 0) is 14.9 Å². The molecule has 1 fully saturated rings. The van der Waals surface area contributed by atoms with Gasteiger partial charge in [-0.3, -0.25) is 4.84 Å². The van der Waals surface area contributed by atoms with Crippen LogP contribution in [0.15, 0.2) is 36.9 Å². The first kappa shape index (κ1) is 17.0. The minimum absolute atomic E-state index is 0.142. The van der Waals surface area contributed by atoms with Crippen LogP contribution in [0.1, 0.15) is 11.6 Å². The second-order valence-electron chi connectivity index (χ2n) is 5.49. The zero-order chi connectivity index (χ0) is 16.3. The topological polar surface area (TPSA) is 61.9 Å². The molecule has 122 valence electrons. The van der Waals surface area contributed by atoms with Gasteiger partial charge in [0.05, 0.1) is 12.6 Å². The average molecular weight is 325 g/mol. The Bertz CT molecular complexity index is 613. The zero-order valence-electron chi connectivity index (χ0n) is 13.2. The van der Waals surface area contributed by atoms with Crippen LogP contribution < -0.4 is 9.62 Å². The number of sulfonamides is 1. The Morgan fingerprint density at radius 3 is 2.59 bits per heavy atom. The number of hydroxylamine groups is 2. The van der Waals surface area contributed by atoms with Crippen molar-refractivity contribution < 1.29 is 13.3 Å². The van der Waals surface area contributed by atoms with E-state index in [0.717, 1.165) is 11.3 Å². The molecular weight excluding hydrogens is 302 g/mol. The lowest BCUT2D eigenvalue weighted by Gasteiger charge is -2.23. The third kappa shape index (κ3) is 3.49. The molecule has 1 aromatic rings. The molecule has 1 aromatic carbocycles. The van der Waals surface area contributed by atoms with Crippen LogP contribution in [0.2, 0.25) is 0 Å². The third-order valence-electron chi connectivity index (χ3n) is 3.76. The van der Waals surface area contributed by atoms with Gasteiger partial charge in [0.15, 0.2) is 0 Å². The van der Waals surface area contributed by atoms with E-state index in [2.05, 4.69) is 11.3 Å². The van der Waals surface area contributed by atoms with Gasteiger partial charge in [0, 0.05) is 33.4 Å². The number of hydrogen-bond acceptors (Lipinski definition) is 5. The minimum atomic E-state index is -3.48. The molecule has 0 aromatic heterocycles. The monoisotopic (exact) mass is 325 g/mol. The lowest BCUT2D eigenvalue weighted by atomic mass is 10.0. The van der Waals surface area contributed by atoms with Gasteiger partial charge in [-0.05, 0) is 17.7 Å². The molecule has 0 spiro atoms. The predicted molar refractivity (Wildman–Crippen MR) is 88.1 cm³/mol. The van der Waals surface area contributed by atoms with Crippen molar-refractivity contribution in [3.05, 3.63) is 42.5 Å². The van der Waals surface area contributed by atoms with E-state index in [1.54, 1.807) is 12.1 Å². The van der Waals surface area contributed by atoms with E-state index in [9.17, 15) is 8.42 Å². The van der Waals surface area contributed by atoms with E-state index < -0.39 is 15.3 Å². The number of nitrogens with zero attached hydrogens (tertiary/aromatic N) is 2. The van der Waals surface area contributed by atoms with Gasteiger partial charge in [0.2, 0.25) is 10.0 Å². The highest BCUT2D eigenvalue weighted by molar-refractivity contribution is 7.90. The fraction of sp³-hybridized carbons (Fsp3) is 0.467. The van der Waals surface area contributed by atoms with E-state index in [1.165, 1.54) is 6.08 Å². The Morgan fingerprint density at radius 2 is 2.05 bits per heavy atom. The smallest absolute Gasteiger partial charge is 0.219 e. The van der Waals surface area contributed by atoms with Crippen molar-refractivity contribution >= 4 is 15.7 Å². The number of hydrogen-bond donors (Lipinski definition) is 1.